The van der Waals surface area contributed by atoms with Gasteiger partial charge in [0.05, 0.1) is 13.3 Å². The smallest absolute Gasteiger partial charge is 0.127 e. The van der Waals surface area contributed by atoms with Gasteiger partial charge in [-0.1, -0.05) is 24.3 Å². The Morgan fingerprint density at radius 3 is 2.49 bits per heavy atom. The van der Waals surface area contributed by atoms with E-state index in [1.807, 2.05) is 36.4 Å². The van der Waals surface area contributed by atoms with Crippen LogP contribution in [0.2, 0.25) is 0 Å². The van der Waals surface area contributed by atoms with Crippen molar-refractivity contribution >= 4 is 5.97 Å². The second kappa shape index (κ2) is 10.1. The molecule has 1 spiro atoms. The number of aliphatic carboxylic acids is 1. The molecule has 0 N–H and O–H groups in total. The largest absolute Gasteiger partial charge is 0.550 e. The van der Waals surface area contributed by atoms with Crippen molar-refractivity contribution in [2.75, 3.05) is 13.3 Å². The number of carboxylic acids is 1. The number of rotatable bonds is 10. The Bertz CT molecular complexity index is 1300. The van der Waals surface area contributed by atoms with Crippen molar-refractivity contribution < 1.29 is 28.5 Å². The first-order chi connectivity index (χ1) is 17.8. The van der Waals surface area contributed by atoms with E-state index in [0.717, 1.165) is 57.5 Å². The lowest BCUT2D eigenvalue weighted by Crippen LogP contribution is -2.29. The van der Waals surface area contributed by atoms with E-state index in [0.29, 0.717) is 31.1 Å². The van der Waals surface area contributed by atoms with Crippen molar-refractivity contribution in [2.45, 2.75) is 64.6 Å². The highest BCUT2D eigenvalue weighted by molar-refractivity contribution is 5.75. The highest BCUT2D eigenvalue weighted by atomic mass is 19.1. The van der Waals surface area contributed by atoms with Gasteiger partial charge >= 0.3 is 0 Å². The minimum atomic E-state index is -1.05. The number of carbonyl (C=O) groups excluding carboxylic acids is 1. The molecule has 1 unspecified atom stereocenters. The summed E-state index contributed by atoms with van der Waals surface area (Å²) >= 11 is 0. The lowest BCUT2D eigenvalue weighted by Gasteiger charge is -2.18. The molecule has 2 aliphatic rings. The van der Waals surface area contributed by atoms with Crippen LogP contribution in [0.1, 0.15) is 59.4 Å². The molecule has 3 aromatic rings. The van der Waals surface area contributed by atoms with E-state index in [9.17, 15) is 14.3 Å². The monoisotopic (exact) mass is 503 g/mol. The van der Waals surface area contributed by atoms with Crippen LogP contribution in [0.5, 0.6) is 17.2 Å². The normalized spacial score (nSPS) is 16.8. The fourth-order valence-corrected chi connectivity index (χ4v) is 5.54. The molecule has 6 heteroatoms. The maximum absolute atomic E-state index is 12.4. The number of carboxylic acid groups (broad SMARTS) is 1. The molecule has 0 radical (unpaired) electrons. The summed E-state index contributed by atoms with van der Waals surface area (Å²) in [5.74, 6) is 0.959. The number of hydrogen-bond donors (Lipinski definition) is 0. The number of halogens is 1. The zero-order valence-corrected chi connectivity index (χ0v) is 21.6. The number of aryl methyl sites for hydroxylation is 2. The predicted octanol–water partition coefficient (Wildman–Crippen LogP) is 5.74. The van der Waals surface area contributed by atoms with E-state index < -0.39 is 5.97 Å². The molecule has 1 aliphatic carbocycles. The van der Waals surface area contributed by atoms with Gasteiger partial charge in [0.25, 0.3) is 0 Å². The van der Waals surface area contributed by atoms with Gasteiger partial charge in [-0.2, -0.15) is 0 Å². The quantitative estimate of drug-likeness (QED) is 0.330. The topological polar surface area (TPSA) is 67.8 Å². The highest BCUT2D eigenvalue weighted by Gasteiger charge is 2.57. The van der Waals surface area contributed by atoms with Gasteiger partial charge in [-0.15, -0.1) is 0 Å². The van der Waals surface area contributed by atoms with Gasteiger partial charge in [0.2, 0.25) is 0 Å². The molecule has 5 nitrogen and oxygen atoms in total. The van der Waals surface area contributed by atoms with E-state index >= 15 is 0 Å². The molecule has 5 rings (SSSR count). The van der Waals surface area contributed by atoms with Gasteiger partial charge in [-0.25, -0.2) is 0 Å². The molecule has 0 bridgehead atoms. The highest BCUT2D eigenvalue weighted by Crippen LogP contribution is 2.59. The van der Waals surface area contributed by atoms with Crippen LogP contribution in [-0.2, 0) is 11.4 Å². The average molecular weight is 504 g/mol. The summed E-state index contributed by atoms with van der Waals surface area (Å²) in [6.07, 6.45) is 2.10. The number of benzene rings is 3. The summed E-state index contributed by atoms with van der Waals surface area (Å²) in [7, 11) is 0. The number of hydrogen-bond acceptors (Lipinski definition) is 5. The average Bonchev–Trinajstić information content (AvgIpc) is 3.56. The van der Waals surface area contributed by atoms with Crippen LogP contribution in [0.3, 0.4) is 0 Å². The van der Waals surface area contributed by atoms with Gasteiger partial charge in [0.1, 0.15) is 29.5 Å². The maximum Gasteiger partial charge on any atom is 0.127 e. The minimum absolute atomic E-state index is 0.0251. The van der Waals surface area contributed by atoms with Crippen molar-refractivity contribution in [1.82, 2.24) is 0 Å². The van der Waals surface area contributed by atoms with E-state index in [1.165, 1.54) is 0 Å². The number of carbonyl (C=O) groups is 1. The first-order valence-corrected chi connectivity index (χ1v) is 12.9. The Kier molecular flexibility index (Phi) is 6.84. The van der Waals surface area contributed by atoms with Crippen molar-refractivity contribution in [2.24, 2.45) is 0 Å². The third kappa shape index (κ3) is 5.02. The van der Waals surface area contributed by atoms with Crippen LogP contribution in [0, 0.1) is 20.8 Å². The number of fused-ring (bicyclic) bond motifs is 1. The Morgan fingerprint density at radius 2 is 1.81 bits per heavy atom. The fraction of sp³-hybridized carbons (Fsp3) is 0.387. The molecule has 0 amide bonds. The van der Waals surface area contributed by atoms with Gasteiger partial charge in [-0.3, -0.25) is 4.39 Å². The third-order valence-electron chi connectivity index (χ3n) is 7.58. The zero-order valence-electron chi connectivity index (χ0n) is 21.6. The standard InChI is InChI=1S/C31H33FO5/c1-19-14-24(35-13-5-12-32)15-20(2)30(19)25-7-4-6-22(21(25)3)18-36-23-8-9-26-27(17-29(33)34)31(10-11-31)37-28(26)16-23/h4,6-9,14-16,27H,5,10-13,17-18H2,1-3H3,(H,33,34)/p-1. The zero-order chi connectivity index (χ0) is 26.2. The van der Waals surface area contributed by atoms with Crippen LogP contribution in [0.25, 0.3) is 11.1 Å². The van der Waals surface area contributed by atoms with Crippen LogP contribution < -0.4 is 19.3 Å². The SMILES string of the molecule is Cc1cc(OCCCF)cc(C)c1-c1cccc(COc2ccc3c(c2)OC2(CC2)C3CC(=O)[O-])c1C. The molecule has 194 valence electrons. The summed E-state index contributed by atoms with van der Waals surface area (Å²) in [5, 5.41) is 11.3. The third-order valence-corrected chi connectivity index (χ3v) is 7.58. The molecular formula is C31H32FO5-. The summed E-state index contributed by atoms with van der Waals surface area (Å²) < 4.78 is 30.5. The van der Waals surface area contributed by atoms with E-state index in [1.54, 1.807) is 0 Å². The van der Waals surface area contributed by atoms with E-state index in [2.05, 4.69) is 32.9 Å². The van der Waals surface area contributed by atoms with Crippen LogP contribution in [0.4, 0.5) is 4.39 Å². The Balaban J connectivity index is 1.33. The number of ether oxygens (including phenoxy) is 3. The minimum Gasteiger partial charge on any atom is -0.550 e. The molecule has 1 fully saturated rings. The molecule has 1 atom stereocenters. The van der Waals surface area contributed by atoms with Crippen molar-refractivity contribution in [3.8, 4) is 28.4 Å². The summed E-state index contributed by atoms with van der Waals surface area (Å²) in [6.45, 7) is 6.62. The van der Waals surface area contributed by atoms with Crippen LogP contribution in [0.15, 0.2) is 48.5 Å². The van der Waals surface area contributed by atoms with Gasteiger partial charge in [-0.05, 0) is 91.6 Å². The number of alkyl halides is 1. The van der Waals surface area contributed by atoms with E-state index in [4.69, 9.17) is 14.2 Å². The van der Waals surface area contributed by atoms with Crippen molar-refractivity contribution in [1.29, 1.82) is 0 Å². The van der Waals surface area contributed by atoms with Crippen LogP contribution in [-0.4, -0.2) is 24.9 Å². The maximum atomic E-state index is 12.4. The molecule has 1 aliphatic heterocycles. The van der Waals surface area contributed by atoms with Crippen LogP contribution >= 0.6 is 0 Å². The Morgan fingerprint density at radius 1 is 1.05 bits per heavy atom. The van der Waals surface area contributed by atoms with Crippen molar-refractivity contribution in [3.05, 3.63) is 76.3 Å². The molecule has 0 aromatic heterocycles. The lowest BCUT2D eigenvalue weighted by atomic mass is 9.90. The van der Waals surface area contributed by atoms with Gasteiger partial charge in [0.15, 0.2) is 0 Å². The van der Waals surface area contributed by atoms with Crippen molar-refractivity contribution in [3.63, 3.8) is 0 Å². The summed E-state index contributed by atoms with van der Waals surface area (Å²) in [4.78, 5) is 11.3. The Labute approximate surface area is 217 Å². The molecule has 37 heavy (non-hydrogen) atoms. The molecule has 1 heterocycles. The van der Waals surface area contributed by atoms with E-state index in [-0.39, 0.29) is 24.6 Å². The molecule has 3 aromatic carbocycles. The van der Waals surface area contributed by atoms with Gasteiger partial charge < -0.3 is 24.1 Å². The summed E-state index contributed by atoms with van der Waals surface area (Å²) in [6, 6.07) is 15.9. The first-order valence-electron chi connectivity index (χ1n) is 12.9. The molecule has 0 saturated heterocycles. The Hall–Kier alpha value is -3.54. The molecular weight excluding hydrogens is 471 g/mol. The predicted molar refractivity (Wildman–Crippen MR) is 138 cm³/mol. The second-order valence-electron chi connectivity index (χ2n) is 10.2. The first kappa shape index (κ1) is 25.1. The second-order valence-corrected chi connectivity index (χ2v) is 10.2. The summed E-state index contributed by atoms with van der Waals surface area (Å²) in [5.41, 5.74) is 7.28. The molecule has 1 saturated carbocycles. The van der Waals surface area contributed by atoms with Gasteiger partial charge in [0, 0.05) is 29.9 Å². The lowest BCUT2D eigenvalue weighted by molar-refractivity contribution is -0.306. The fourth-order valence-electron chi connectivity index (χ4n) is 5.54.